The molecule has 6 heteroatoms. The number of hydrogen-bond acceptors (Lipinski definition) is 6. The molecule has 1 saturated heterocycles. The van der Waals surface area contributed by atoms with E-state index in [4.69, 9.17) is 9.47 Å². The maximum absolute atomic E-state index is 13.3. The minimum absolute atomic E-state index is 0.000919. The fraction of sp³-hybridized carbons (Fsp3) is 0.773. The summed E-state index contributed by atoms with van der Waals surface area (Å²) >= 11 is 0. The molecule has 2 saturated carbocycles. The van der Waals surface area contributed by atoms with Crippen LogP contribution in [0.25, 0.3) is 0 Å². The Morgan fingerprint density at radius 2 is 2.04 bits per heavy atom. The number of ether oxygens (including phenoxy) is 2. The maximum Gasteiger partial charge on any atom is 0.172 e. The Hall–Kier alpha value is -1.37. The van der Waals surface area contributed by atoms with Gasteiger partial charge in [-0.05, 0) is 31.6 Å². The lowest BCUT2D eigenvalue weighted by atomic mass is 9.49. The predicted octanol–water partition coefficient (Wildman–Crippen LogP) is 2.23. The number of hydrogen-bond donors (Lipinski definition) is 1. The molecule has 0 bridgehead atoms. The molecule has 0 unspecified atom stereocenters. The fourth-order valence-corrected chi connectivity index (χ4v) is 6.20. The number of carbonyl (C=O) groups is 3. The molecule has 0 aromatic carbocycles. The van der Waals surface area contributed by atoms with Crippen molar-refractivity contribution in [2.75, 3.05) is 13.2 Å². The van der Waals surface area contributed by atoms with Crippen LogP contribution in [0.4, 0.5) is 0 Å². The van der Waals surface area contributed by atoms with Gasteiger partial charge in [0.1, 0.15) is 17.9 Å². The Bertz CT molecular complexity index is 706. The predicted molar refractivity (Wildman–Crippen MR) is 100 cm³/mol. The summed E-state index contributed by atoms with van der Waals surface area (Å²) in [5.41, 5.74) is 0.839. The van der Waals surface area contributed by atoms with E-state index in [1.54, 1.807) is 0 Å². The largest absolute Gasteiger partial charge is 0.392 e. The van der Waals surface area contributed by atoms with Crippen LogP contribution in [0.2, 0.25) is 0 Å². The van der Waals surface area contributed by atoms with Crippen molar-refractivity contribution < 1.29 is 29.0 Å². The maximum atomic E-state index is 13.3. The van der Waals surface area contributed by atoms with Crippen molar-refractivity contribution in [3.8, 4) is 0 Å². The van der Waals surface area contributed by atoms with E-state index < -0.39 is 23.7 Å². The quantitative estimate of drug-likeness (QED) is 0.585. The molecule has 6 nitrogen and oxygen atoms in total. The van der Waals surface area contributed by atoms with Crippen LogP contribution in [0.15, 0.2) is 11.6 Å². The van der Waals surface area contributed by atoms with Gasteiger partial charge in [-0.1, -0.05) is 18.6 Å². The summed E-state index contributed by atoms with van der Waals surface area (Å²) < 4.78 is 11.8. The average molecular weight is 390 g/mol. The number of fused-ring (bicyclic) bond motifs is 3. The third kappa shape index (κ3) is 3.01. The molecule has 6 atom stereocenters. The third-order valence-electron chi connectivity index (χ3n) is 7.74. The van der Waals surface area contributed by atoms with Gasteiger partial charge in [0.15, 0.2) is 5.79 Å². The molecule has 1 spiro atoms. The fourth-order valence-electron chi connectivity index (χ4n) is 6.20. The second kappa shape index (κ2) is 7.15. The molecule has 0 radical (unpaired) electrons. The highest BCUT2D eigenvalue weighted by atomic mass is 16.7. The van der Waals surface area contributed by atoms with Gasteiger partial charge in [-0.3, -0.25) is 4.79 Å². The smallest absolute Gasteiger partial charge is 0.172 e. The van der Waals surface area contributed by atoms with E-state index in [0.717, 1.165) is 19.1 Å². The summed E-state index contributed by atoms with van der Waals surface area (Å²) in [6.45, 7) is 4.81. The number of Topliss-reactive ketones (excluding diaryl/α,β-unsaturated/α-hetero) is 2. The number of ketones is 2. The lowest BCUT2D eigenvalue weighted by Gasteiger charge is -2.56. The monoisotopic (exact) mass is 390 g/mol. The molecule has 1 aliphatic heterocycles. The first-order valence-corrected chi connectivity index (χ1v) is 10.5. The Labute approximate surface area is 165 Å². The molecule has 0 amide bonds. The molecule has 3 aliphatic carbocycles. The van der Waals surface area contributed by atoms with Gasteiger partial charge in [0.05, 0.1) is 25.2 Å². The van der Waals surface area contributed by atoms with Gasteiger partial charge in [-0.2, -0.15) is 0 Å². The minimum atomic E-state index is -0.870. The highest BCUT2D eigenvalue weighted by Crippen LogP contribution is 2.60. The molecule has 3 fully saturated rings. The van der Waals surface area contributed by atoms with Gasteiger partial charge >= 0.3 is 0 Å². The second-order valence-electron chi connectivity index (χ2n) is 9.25. The Morgan fingerprint density at radius 1 is 1.32 bits per heavy atom. The number of aldehydes is 1. The summed E-state index contributed by atoms with van der Waals surface area (Å²) in [5.74, 6) is -2.39. The molecule has 1 heterocycles. The standard InChI is InChI=1S/C22H30O6/c1-13(24)3-5-15-17(12-23)20(26)18-16(19(15)25)6-4-14-11-22(27-9-10-28-22)8-7-21(14,18)2/h4,12,15-18,20,26H,3,5-11H2,1-2H3/t15-,16+,17-,18+,20+,21+/m1/s1. The summed E-state index contributed by atoms with van der Waals surface area (Å²) in [6, 6.07) is 0. The normalized spacial score (nSPS) is 41.9. The molecule has 4 aliphatic rings. The Kier molecular flexibility index (Phi) is 5.09. The van der Waals surface area contributed by atoms with E-state index in [1.165, 1.54) is 12.5 Å². The van der Waals surface area contributed by atoms with Crippen molar-refractivity contribution >= 4 is 17.9 Å². The van der Waals surface area contributed by atoms with Crippen LogP contribution in [0.1, 0.15) is 52.4 Å². The molecule has 0 aromatic heterocycles. The summed E-state index contributed by atoms with van der Waals surface area (Å²) in [7, 11) is 0. The lowest BCUT2D eigenvalue weighted by molar-refractivity contribution is -0.191. The molecule has 154 valence electrons. The van der Waals surface area contributed by atoms with Crippen LogP contribution < -0.4 is 0 Å². The van der Waals surface area contributed by atoms with E-state index in [2.05, 4.69) is 13.0 Å². The second-order valence-corrected chi connectivity index (χ2v) is 9.25. The molecule has 28 heavy (non-hydrogen) atoms. The zero-order chi connectivity index (χ0) is 20.1. The SMILES string of the molecule is CC(=O)CC[C@H]1C(=O)[C@H]2CC=C3CC4(CC[C@]3(C)[C@@H]2[C@@H](O)[C@@H]1C=O)OCCO4. The van der Waals surface area contributed by atoms with Crippen molar-refractivity contribution in [3.05, 3.63) is 11.6 Å². The third-order valence-corrected chi connectivity index (χ3v) is 7.74. The first-order valence-electron chi connectivity index (χ1n) is 10.5. The minimum Gasteiger partial charge on any atom is -0.392 e. The number of allylic oxidation sites excluding steroid dienone is 1. The molecular formula is C22H30O6. The number of rotatable bonds is 4. The van der Waals surface area contributed by atoms with Gasteiger partial charge < -0.3 is 24.2 Å². The van der Waals surface area contributed by atoms with E-state index in [1.807, 2.05) is 0 Å². The van der Waals surface area contributed by atoms with Crippen LogP contribution in [-0.4, -0.2) is 48.1 Å². The van der Waals surface area contributed by atoms with Gasteiger partial charge in [0.25, 0.3) is 0 Å². The number of aliphatic hydroxyl groups excluding tert-OH is 1. The number of carbonyl (C=O) groups excluding carboxylic acids is 3. The molecular weight excluding hydrogens is 360 g/mol. The van der Waals surface area contributed by atoms with E-state index in [9.17, 15) is 19.5 Å². The van der Waals surface area contributed by atoms with Crippen molar-refractivity contribution in [3.63, 3.8) is 0 Å². The van der Waals surface area contributed by atoms with Gasteiger partial charge in [0, 0.05) is 37.0 Å². The Morgan fingerprint density at radius 3 is 2.68 bits per heavy atom. The van der Waals surface area contributed by atoms with E-state index >= 15 is 0 Å². The summed E-state index contributed by atoms with van der Waals surface area (Å²) in [4.78, 5) is 36.6. The van der Waals surface area contributed by atoms with E-state index in [-0.39, 0.29) is 35.2 Å². The number of aliphatic hydroxyl groups is 1. The first kappa shape index (κ1) is 19.9. The zero-order valence-electron chi connectivity index (χ0n) is 16.7. The van der Waals surface area contributed by atoms with Crippen molar-refractivity contribution in [1.82, 2.24) is 0 Å². The van der Waals surface area contributed by atoms with Gasteiger partial charge in [-0.15, -0.1) is 0 Å². The lowest BCUT2D eigenvalue weighted by Crippen LogP contribution is -2.59. The van der Waals surface area contributed by atoms with Crippen molar-refractivity contribution in [2.24, 2.45) is 29.1 Å². The summed E-state index contributed by atoms with van der Waals surface area (Å²) in [6.07, 6.45) is 5.33. The molecule has 4 rings (SSSR count). The van der Waals surface area contributed by atoms with Crippen LogP contribution >= 0.6 is 0 Å². The average Bonchev–Trinajstić information content (AvgIpc) is 3.11. The van der Waals surface area contributed by atoms with Crippen LogP contribution in [0, 0.1) is 29.1 Å². The van der Waals surface area contributed by atoms with Crippen molar-refractivity contribution in [2.45, 2.75) is 64.3 Å². The first-order chi connectivity index (χ1) is 13.3. The molecule has 1 N–H and O–H groups in total. The van der Waals surface area contributed by atoms with Gasteiger partial charge in [-0.25, -0.2) is 0 Å². The topological polar surface area (TPSA) is 89.9 Å². The highest BCUT2D eigenvalue weighted by Gasteiger charge is 2.60. The van der Waals surface area contributed by atoms with Crippen LogP contribution in [-0.2, 0) is 23.9 Å². The van der Waals surface area contributed by atoms with Crippen molar-refractivity contribution in [1.29, 1.82) is 0 Å². The zero-order valence-corrected chi connectivity index (χ0v) is 16.7. The van der Waals surface area contributed by atoms with Crippen LogP contribution in [0.5, 0.6) is 0 Å². The Balaban J connectivity index is 1.64. The van der Waals surface area contributed by atoms with E-state index in [0.29, 0.717) is 32.5 Å². The summed E-state index contributed by atoms with van der Waals surface area (Å²) in [5, 5.41) is 11.2. The highest BCUT2D eigenvalue weighted by molar-refractivity contribution is 5.89. The van der Waals surface area contributed by atoms with Gasteiger partial charge in [0.2, 0.25) is 0 Å². The van der Waals surface area contributed by atoms with Crippen LogP contribution in [0.3, 0.4) is 0 Å². The molecule has 0 aromatic rings.